The van der Waals surface area contributed by atoms with Crippen molar-refractivity contribution in [3.63, 3.8) is 0 Å². The number of rotatable bonds is 8. The highest BCUT2D eigenvalue weighted by Gasteiger charge is 2.17. The number of anilines is 1. The van der Waals surface area contributed by atoms with Crippen LogP contribution in [-0.4, -0.2) is 32.1 Å². The first kappa shape index (κ1) is 17.8. The Kier molecular flexibility index (Phi) is 7.54. The standard InChI is InChI=1S/C16H26ClN3O/c1-5-9-20(11-15(21)18-4)16-13(10-19-12(2)3)7-6-8-14(16)17/h6-8,12,19H,5,9-11H2,1-4H3,(H,18,21). The van der Waals surface area contributed by atoms with Gasteiger partial charge in [0.25, 0.3) is 0 Å². The molecule has 0 spiro atoms. The van der Waals surface area contributed by atoms with E-state index in [0.717, 1.165) is 30.8 Å². The van der Waals surface area contributed by atoms with Crippen molar-refractivity contribution in [2.45, 2.75) is 39.8 Å². The van der Waals surface area contributed by atoms with Gasteiger partial charge in [-0.2, -0.15) is 0 Å². The third kappa shape index (κ3) is 5.56. The largest absolute Gasteiger partial charge is 0.361 e. The smallest absolute Gasteiger partial charge is 0.239 e. The van der Waals surface area contributed by atoms with E-state index in [2.05, 4.69) is 42.4 Å². The Bertz CT molecular complexity index is 463. The second-order valence-corrected chi connectivity index (χ2v) is 5.79. The molecule has 1 amide bonds. The van der Waals surface area contributed by atoms with E-state index in [-0.39, 0.29) is 5.91 Å². The molecule has 4 nitrogen and oxygen atoms in total. The molecule has 118 valence electrons. The Morgan fingerprint density at radius 3 is 2.67 bits per heavy atom. The number of hydrogen-bond donors (Lipinski definition) is 2. The molecule has 1 aromatic carbocycles. The number of amides is 1. The average molecular weight is 312 g/mol. The fraction of sp³-hybridized carbons (Fsp3) is 0.562. The lowest BCUT2D eigenvalue weighted by Crippen LogP contribution is -2.37. The van der Waals surface area contributed by atoms with Crippen molar-refractivity contribution in [2.24, 2.45) is 0 Å². The molecule has 5 heteroatoms. The van der Waals surface area contributed by atoms with E-state index >= 15 is 0 Å². The van der Waals surface area contributed by atoms with E-state index in [1.54, 1.807) is 7.05 Å². The van der Waals surface area contributed by atoms with Crippen LogP contribution in [0.25, 0.3) is 0 Å². The zero-order chi connectivity index (χ0) is 15.8. The first-order valence-corrected chi connectivity index (χ1v) is 7.83. The number of likely N-dealkylation sites (N-methyl/N-ethyl adjacent to an activating group) is 1. The van der Waals surface area contributed by atoms with Crippen LogP contribution >= 0.6 is 11.6 Å². The van der Waals surface area contributed by atoms with Crippen molar-refractivity contribution in [2.75, 3.05) is 25.0 Å². The first-order chi connectivity index (χ1) is 9.99. The van der Waals surface area contributed by atoms with E-state index in [4.69, 9.17) is 11.6 Å². The number of carbonyl (C=O) groups excluding carboxylic acids is 1. The molecule has 1 rings (SSSR count). The molecule has 21 heavy (non-hydrogen) atoms. The molecular weight excluding hydrogens is 286 g/mol. The molecule has 0 heterocycles. The molecule has 1 aromatic rings. The maximum atomic E-state index is 11.7. The summed E-state index contributed by atoms with van der Waals surface area (Å²) >= 11 is 6.40. The number of nitrogens with zero attached hydrogens (tertiary/aromatic N) is 1. The van der Waals surface area contributed by atoms with Crippen LogP contribution in [-0.2, 0) is 11.3 Å². The summed E-state index contributed by atoms with van der Waals surface area (Å²) in [4.78, 5) is 13.8. The summed E-state index contributed by atoms with van der Waals surface area (Å²) in [6, 6.07) is 6.29. The monoisotopic (exact) mass is 311 g/mol. The summed E-state index contributed by atoms with van der Waals surface area (Å²) in [7, 11) is 1.65. The molecule has 0 aromatic heterocycles. The Labute approximate surface area is 132 Å². The van der Waals surface area contributed by atoms with E-state index < -0.39 is 0 Å². The topological polar surface area (TPSA) is 44.4 Å². The lowest BCUT2D eigenvalue weighted by molar-refractivity contribution is -0.119. The number of carbonyl (C=O) groups is 1. The molecule has 2 N–H and O–H groups in total. The van der Waals surface area contributed by atoms with E-state index in [9.17, 15) is 4.79 Å². The van der Waals surface area contributed by atoms with Gasteiger partial charge < -0.3 is 15.5 Å². The number of para-hydroxylation sites is 1. The van der Waals surface area contributed by atoms with Crippen LogP contribution < -0.4 is 15.5 Å². The quantitative estimate of drug-likeness (QED) is 0.776. The third-order valence-corrected chi connectivity index (χ3v) is 3.50. The summed E-state index contributed by atoms with van der Waals surface area (Å²) in [5.41, 5.74) is 2.08. The number of halogens is 1. The SMILES string of the molecule is CCCN(CC(=O)NC)c1c(Cl)cccc1CNC(C)C. The van der Waals surface area contributed by atoms with Crippen LogP contribution in [0.15, 0.2) is 18.2 Å². The predicted octanol–water partition coefficient (Wildman–Crippen LogP) is 2.80. The highest BCUT2D eigenvalue weighted by Crippen LogP contribution is 2.30. The fourth-order valence-electron chi connectivity index (χ4n) is 2.16. The van der Waals surface area contributed by atoms with Crippen molar-refractivity contribution in [3.05, 3.63) is 28.8 Å². The minimum Gasteiger partial charge on any atom is -0.361 e. The van der Waals surface area contributed by atoms with Gasteiger partial charge in [-0.3, -0.25) is 4.79 Å². The lowest BCUT2D eigenvalue weighted by atomic mass is 10.1. The van der Waals surface area contributed by atoms with Gasteiger partial charge in [0.2, 0.25) is 5.91 Å². The second kappa shape index (κ2) is 8.90. The van der Waals surface area contributed by atoms with Crippen molar-refractivity contribution >= 4 is 23.2 Å². The average Bonchev–Trinajstić information content (AvgIpc) is 2.44. The molecule has 0 saturated heterocycles. The highest BCUT2D eigenvalue weighted by molar-refractivity contribution is 6.33. The Morgan fingerprint density at radius 2 is 2.10 bits per heavy atom. The summed E-state index contributed by atoms with van der Waals surface area (Å²) in [6.07, 6.45) is 0.958. The number of nitrogens with one attached hydrogen (secondary N) is 2. The summed E-state index contributed by atoms with van der Waals surface area (Å²) in [5.74, 6) is -0.00821. The Hall–Kier alpha value is -1.26. The molecule has 0 aliphatic carbocycles. The van der Waals surface area contributed by atoms with E-state index in [0.29, 0.717) is 17.6 Å². The Morgan fingerprint density at radius 1 is 1.38 bits per heavy atom. The van der Waals surface area contributed by atoms with E-state index in [1.807, 2.05) is 12.1 Å². The zero-order valence-electron chi connectivity index (χ0n) is 13.4. The van der Waals surface area contributed by atoms with Crippen LogP contribution in [0, 0.1) is 0 Å². The normalized spacial score (nSPS) is 10.8. The van der Waals surface area contributed by atoms with Gasteiger partial charge in [0, 0.05) is 26.2 Å². The van der Waals surface area contributed by atoms with Crippen LogP contribution in [0.4, 0.5) is 5.69 Å². The van der Waals surface area contributed by atoms with E-state index in [1.165, 1.54) is 0 Å². The van der Waals surface area contributed by atoms with Crippen LogP contribution in [0.2, 0.25) is 5.02 Å². The molecular formula is C16H26ClN3O. The van der Waals surface area contributed by atoms with Gasteiger partial charge in [-0.25, -0.2) is 0 Å². The molecule has 0 fully saturated rings. The lowest BCUT2D eigenvalue weighted by Gasteiger charge is -2.27. The van der Waals surface area contributed by atoms with Gasteiger partial charge in [0.15, 0.2) is 0 Å². The van der Waals surface area contributed by atoms with Gasteiger partial charge in [0.1, 0.15) is 0 Å². The molecule has 0 unspecified atom stereocenters. The number of hydrogen-bond acceptors (Lipinski definition) is 3. The molecule has 0 radical (unpaired) electrons. The van der Waals surface area contributed by atoms with Crippen molar-refractivity contribution < 1.29 is 4.79 Å². The Balaban J connectivity index is 3.06. The zero-order valence-corrected chi connectivity index (χ0v) is 14.1. The maximum Gasteiger partial charge on any atom is 0.239 e. The molecule has 0 atom stereocenters. The van der Waals surface area contributed by atoms with Crippen LogP contribution in [0.3, 0.4) is 0 Å². The van der Waals surface area contributed by atoms with Crippen LogP contribution in [0.1, 0.15) is 32.8 Å². The third-order valence-electron chi connectivity index (χ3n) is 3.19. The molecule has 0 bridgehead atoms. The van der Waals surface area contributed by atoms with Gasteiger partial charge in [-0.05, 0) is 18.1 Å². The van der Waals surface area contributed by atoms with Crippen molar-refractivity contribution in [3.8, 4) is 0 Å². The second-order valence-electron chi connectivity index (χ2n) is 5.38. The molecule has 0 aliphatic heterocycles. The maximum absolute atomic E-state index is 11.7. The summed E-state index contributed by atoms with van der Waals surface area (Å²) in [5, 5.41) is 6.77. The van der Waals surface area contributed by atoms with Crippen molar-refractivity contribution in [1.29, 1.82) is 0 Å². The first-order valence-electron chi connectivity index (χ1n) is 7.45. The van der Waals surface area contributed by atoms with Gasteiger partial charge in [0.05, 0.1) is 17.3 Å². The number of benzene rings is 1. The molecule has 0 saturated carbocycles. The summed E-state index contributed by atoms with van der Waals surface area (Å²) in [6.45, 7) is 8.17. The van der Waals surface area contributed by atoms with Crippen LogP contribution in [0.5, 0.6) is 0 Å². The van der Waals surface area contributed by atoms with Crippen molar-refractivity contribution in [1.82, 2.24) is 10.6 Å². The van der Waals surface area contributed by atoms with Gasteiger partial charge in [-0.1, -0.05) is 44.5 Å². The molecule has 0 aliphatic rings. The highest BCUT2D eigenvalue weighted by atomic mass is 35.5. The summed E-state index contributed by atoms with van der Waals surface area (Å²) < 4.78 is 0. The minimum absolute atomic E-state index is 0.00821. The fourth-order valence-corrected chi connectivity index (χ4v) is 2.48. The minimum atomic E-state index is -0.00821. The predicted molar refractivity (Wildman–Crippen MR) is 90.0 cm³/mol. The van der Waals surface area contributed by atoms with Gasteiger partial charge in [-0.15, -0.1) is 0 Å². The van der Waals surface area contributed by atoms with Gasteiger partial charge >= 0.3 is 0 Å².